The maximum Gasteiger partial charge on any atom is 0.246 e. The molecule has 2 heterocycles. The molecule has 0 atom stereocenters. The Morgan fingerprint density at radius 2 is 2.07 bits per heavy atom. The molecule has 11 heteroatoms. The monoisotopic (exact) mass is 438 g/mol. The number of rotatable bonds is 9. The van der Waals surface area contributed by atoms with Crippen LogP contribution in [0, 0.1) is 5.82 Å². The third-order valence-electron chi connectivity index (χ3n) is 3.93. The Kier molecular flexibility index (Phi) is 6.60. The molecule has 1 amide bonds. The SMILES string of the molecule is CS(=O)(=O)N(CCCC(=O)NCc1nc(-c2cccs2)no1)c1ccccc1F. The van der Waals surface area contributed by atoms with Crippen LogP contribution in [-0.2, 0) is 21.4 Å². The molecule has 0 unspecified atom stereocenters. The summed E-state index contributed by atoms with van der Waals surface area (Å²) in [5.41, 5.74) is -0.0395. The smallest absolute Gasteiger partial charge is 0.246 e. The standard InChI is InChI=1S/C18H19FN4O4S2/c1-29(25,26)23(14-7-3-2-6-13(14)19)10-4-9-16(24)20-12-17-21-18(22-27-17)15-8-5-11-28-15/h2-3,5-8,11H,4,9-10,12H2,1H3,(H,20,24). The van der Waals surface area contributed by atoms with Crippen molar-refractivity contribution in [2.24, 2.45) is 0 Å². The molecular formula is C18H19FN4O4S2. The van der Waals surface area contributed by atoms with Crippen molar-refractivity contribution in [1.29, 1.82) is 0 Å². The minimum absolute atomic E-state index is 0.0176. The zero-order valence-corrected chi connectivity index (χ0v) is 17.2. The van der Waals surface area contributed by atoms with Crippen molar-refractivity contribution in [2.75, 3.05) is 17.1 Å². The van der Waals surface area contributed by atoms with Gasteiger partial charge in [0.25, 0.3) is 0 Å². The van der Waals surface area contributed by atoms with Gasteiger partial charge in [0.15, 0.2) is 0 Å². The normalized spacial score (nSPS) is 11.4. The Balaban J connectivity index is 1.50. The van der Waals surface area contributed by atoms with Crippen LogP contribution in [0.3, 0.4) is 0 Å². The first kappa shape index (κ1) is 20.9. The molecule has 0 aliphatic heterocycles. The molecule has 0 bridgehead atoms. The summed E-state index contributed by atoms with van der Waals surface area (Å²) in [6, 6.07) is 9.35. The van der Waals surface area contributed by atoms with Gasteiger partial charge in [-0.2, -0.15) is 4.98 Å². The van der Waals surface area contributed by atoms with E-state index in [1.807, 2.05) is 17.5 Å². The highest BCUT2D eigenvalue weighted by molar-refractivity contribution is 7.92. The molecule has 3 rings (SSSR count). The van der Waals surface area contributed by atoms with Gasteiger partial charge in [0, 0.05) is 13.0 Å². The van der Waals surface area contributed by atoms with Crippen molar-refractivity contribution in [1.82, 2.24) is 15.5 Å². The fraction of sp³-hybridized carbons (Fsp3) is 0.278. The number of thiophene rings is 1. The summed E-state index contributed by atoms with van der Waals surface area (Å²) < 4.78 is 44.0. The van der Waals surface area contributed by atoms with E-state index in [1.165, 1.54) is 29.5 Å². The molecule has 3 aromatic rings. The molecular weight excluding hydrogens is 419 g/mol. The summed E-state index contributed by atoms with van der Waals surface area (Å²) in [4.78, 5) is 17.1. The molecule has 1 N–H and O–H groups in total. The fourth-order valence-electron chi connectivity index (χ4n) is 2.60. The number of para-hydroxylation sites is 1. The van der Waals surface area contributed by atoms with Crippen LogP contribution in [0.5, 0.6) is 0 Å². The Bertz CT molecular complexity index is 1070. The van der Waals surface area contributed by atoms with E-state index in [0.717, 1.165) is 15.4 Å². The Morgan fingerprint density at radius 1 is 1.28 bits per heavy atom. The number of halogens is 1. The lowest BCUT2D eigenvalue weighted by Crippen LogP contribution is -2.32. The second-order valence-corrected chi connectivity index (χ2v) is 9.01. The maximum absolute atomic E-state index is 14.0. The summed E-state index contributed by atoms with van der Waals surface area (Å²) in [5, 5.41) is 8.40. The molecule has 2 aromatic heterocycles. The summed E-state index contributed by atoms with van der Waals surface area (Å²) in [5.74, 6) is -0.216. The van der Waals surface area contributed by atoms with Gasteiger partial charge in [0.05, 0.1) is 23.4 Å². The van der Waals surface area contributed by atoms with Crippen LogP contribution in [0.2, 0.25) is 0 Å². The third kappa shape index (κ3) is 5.61. The molecule has 0 fully saturated rings. The Morgan fingerprint density at radius 3 is 2.76 bits per heavy atom. The predicted molar refractivity (Wildman–Crippen MR) is 107 cm³/mol. The molecule has 8 nitrogen and oxygen atoms in total. The van der Waals surface area contributed by atoms with Gasteiger partial charge >= 0.3 is 0 Å². The number of sulfonamides is 1. The Labute approximate surface area is 171 Å². The molecule has 0 aliphatic carbocycles. The lowest BCUT2D eigenvalue weighted by atomic mass is 10.2. The number of carbonyl (C=O) groups is 1. The second kappa shape index (κ2) is 9.14. The molecule has 0 spiro atoms. The first-order valence-corrected chi connectivity index (χ1v) is 11.4. The minimum atomic E-state index is -3.68. The quantitative estimate of drug-likeness (QED) is 0.551. The van der Waals surface area contributed by atoms with Crippen LogP contribution >= 0.6 is 11.3 Å². The number of aromatic nitrogens is 2. The van der Waals surface area contributed by atoms with Gasteiger partial charge in [-0.1, -0.05) is 23.4 Å². The van der Waals surface area contributed by atoms with Crippen molar-refractivity contribution < 1.29 is 22.1 Å². The van der Waals surface area contributed by atoms with Gasteiger partial charge in [-0.15, -0.1) is 11.3 Å². The van der Waals surface area contributed by atoms with E-state index in [2.05, 4.69) is 15.5 Å². The predicted octanol–water partition coefficient (Wildman–Crippen LogP) is 2.80. The average Bonchev–Trinajstić information content (AvgIpc) is 3.35. The van der Waals surface area contributed by atoms with Crippen molar-refractivity contribution in [3.8, 4) is 10.7 Å². The van der Waals surface area contributed by atoms with E-state index in [4.69, 9.17) is 4.52 Å². The highest BCUT2D eigenvalue weighted by atomic mass is 32.2. The summed E-state index contributed by atoms with van der Waals surface area (Å²) in [7, 11) is -3.68. The van der Waals surface area contributed by atoms with E-state index in [9.17, 15) is 17.6 Å². The number of anilines is 1. The molecule has 0 saturated heterocycles. The number of hydrogen-bond acceptors (Lipinski definition) is 7. The molecule has 29 heavy (non-hydrogen) atoms. The van der Waals surface area contributed by atoms with Crippen LogP contribution in [0.25, 0.3) is 10.7 Å². The third-order valence-corrected chi connectivity index (χ3v) is 5.98. The summed E-state index contributed by atoms with van der Waals surface area (Å²) >= 11 is 1.48. The number of nitrogens with zero attached hydrogens (tertiary/aromatic N) is 3. The number of carbonyl (C=O) groups excluding carboxylic acids is 1. The Hall–Kier alpha value is -2.79. The highest BCUT2D eigenvalue weighted by Crippen LogP contribution is 2.22. The van der Waals surface area contributed by atoms with Crippen molar-refractivity contribution >= 4 is 33.0 Å². The van der Waals surface area contributed by atoms with E-state index >= 15 is 0 Å². The molecule has 1 aromatic carbocycles. The topological polar surface area (TPSA) is 105 Å². The van der Waals surface area contributed by atoms with Gasteiger partial charge in [0.1, 0.15) is 5.82 Å². The van der Waals surface area contributed by atoms with E-state index in [1.54, 1.807) is 6.07 Å². The maximum atomic E-state index is 14.0. The van der Waals surface area contributed by atoms with Crippen LogP contribution in [0.1, 0.15) is 18.7 Å². The van der Waals surface area contributed by atoms with E-state index in [-0.39, 0.29) is 43.4 Å². The first-order chi connectivity index (χ1) is 13.8. The summed E-state index contributed by atoms with van der Waals surface area (Å²) in [6.07, 6.45) is 1.28. The van der Waals surface area contributed by atoms with Gasteiger partial charge in [0.2, 0.25) is 27.6 Å². The van der Waals surface area contributed by atoms with Crippen LogP contribution in [0.15, 0.2) is 46.3 Å². The van der Waals surface area contributed by atoms with E-state index in [0.29, 0.717) is 5.82 Å². The molecule has 0 aliphatic rings. The zero-order valence-electron chi connectivity index (χ0n) is 15.5. The number of hydrogen-bond donors (Lipinski definition) is 1. The minimum Gasteiger partial charge on any atom is -0.347 e. The van der Waals surface area contributed by atoms with Crippen molar-refractivity contribution in [2.45, 2.75) is 19.4 Å². The fourth-order valence-corrected chi connectivity index (χ4v) is 4.21. The zero-order chi connectivity index (χ0) is 20.9. The molecule has 0 radical (unpaired) electrons. The number of amides is 1. The van der Waals surface area contributed by atoms with Crippen molar-refractivity contribution in [3.05, 3.63) is 53.5 Å². The number of nitrogens with one attached hydrogen (secondary N) is 1. The summed E-state index contributed by atoms with van der Waals surface area (Å²) in [6.45, 7) is 0.0522. The van der Waals surface area contributed by atoms with Crippen LogP contribution in [0.4, 0.5) is 10.1 Å². The second-order valence-electron chi connectivity index (χ2n) is 6.16. The van der Waals surface area contributed by atoms with Crippen molar-refractivity contribution in [3.63, 3.8) is 0 Å². The van der Waals surface area contributed by atoms with Crippen LogP contribution in [-0.4, -0.2) is 37.3 Å². The van der Waals surface area contributed by atoms with Crippen LogP contribution < -0.4 is 9.62 Å². The van der Waals surface area contributed by atoms with Gasteiger partial charge in [-0.3, -0.25) is 9.10 Å². The highest BCUT2D eigenvalue weighted by Gasteiger charge is 2.20. The van der Waals surface area contributed by atoms with E-state index < -0.39 is 15.8 Å². The number of benzene rings is 1. The van der Waals surface area contributed by atoms with Gasteiger partial charge in [-0.05, 0) is 30.0 Å². The lowest BCUT2D eigenvalue weighted by Gasteiger charge is -2.22. The first-order valence-electron chi connectivity index (χ1n) is 8.70. The lowest BCUT2D eigenvalue weighted by molar-refractivity contribution is -0.121. The largest absolute Gasteiger partial charge is 0.347 e. The molecule has 154 valence electrons. The molecule has 0 saturated carbocycles. The van der Waals surface area contributed by atoms with Gasteiger partial charge < -0.3 is 9.84 Å². The average molecular weight is 439 g/mol. The van der Waals surface area contributed by atoms with Gasteiger partial charge in [-0.25, -0.2) is 12.8 Å².